The number of carbonyl (C=O) groups excluding carboxylic acids is 2. The molecule has 0 bridgehead atoms. The summed E-state index contributed by atoms with van der Waals surface area (Å²) < 4.78 is 1.95. The average molecular weight is 344 g/mol. The number of rotatable bonds is 8. The Morgan fingerprint density at radius 1 is 1.29 bits per heavy atom. The van der Waals surface area contributed by atoms with Crippen molar-refractivity contribution in [1.82, 2.24) is 14.8 Å². The van der Waals surface area contributed by atoms with Gasteiger partial charge in [0.1, 0.15) is 5.82 Å². The molecule has 1 heterocycles. The summed E-state index contributed by atoms with van der Waals surface area (Å²) in [6.45, 7) is 7.87. The zero-order chi connectivity index (χ0) is 17.5. The Bertz CT molecular complexity index is 738. The Balaban J connectivity index is 1.94. The largest absolute Gasteiger partial charge is 0.325 e. The molecule has 2 aromatic rings. The first-order valence-corrected chi connectivity index (χ1v) is 8.60. The van der Waals surface area contributed by atoms with E-state index in [0.29, 0.717) is 23.0 Å². The second-order valence-electron chi connectivity index (χ2n) is 5.12. The highest BCUT2D eigenvalue weighted by Gasteiger charge is 2.12. The van der Waals surface area contributed by atoms with Crippen LogP contribution in [0.3, 0.4) is 0 Å². The average Bonchev–Trinajstić information content (AvgIpc) is 2.96. The minimum Gasteiger partial charge on any atom is -0.325 e. The maximum atomic E-state index is 12.1. The van der Waals surface area contributed by atoms with Gasteiger partial charge in [0, 0.05) is 24.2 Å². The van der Waals surface area contributed by atoms with Crippen LogP contribution in [0.4, 0.5) is 5.69 Å². The predicted molar refractivity (Wildman–Crippen MR) is 95.4 cm³/mol. The van der Waals surface area contributed by atoms with Gasteiger partial charge < -0.3 is 9.88 Å². The molecule has 1 amide bonds. The summed E-state index contributed by atoms with van der Waals surface area (Å²) in [6, 6.07) is 6.82. The lowest BCUT2D eigenvalue weighted by atomic mass is 10.1. The predicted octanol–water partition coefficient (Wildman–Crippen LogP) is 2.96. The Labute approximate surface area is 145 Å². The van der Waals surface area contributed by atoms with Gasteiger partial charge in [-0.2, -0.15) is 0 Å². The van der Waals surface area contributed by atoms with E-state index in [1.54, 1.807) is 30.3 Å². The molecular formula is C17H20N4O2S. The lowest BCUT2D eigenvalue weighted by Gasteiger charge is -2.07. The van der Waals surface area contributed by atoms with E-state index < -0.39 is 0 Å². The first-order chi connectivity index (χ1) is 11.5. The smallest absolute Gasteiger partial charge is 0.234 e. The van der Waals surface area contributed by atoms with Crippen LogP contribution in [0.25, 0.3) is 0 Å². The third-order valence-electron chi connectivity index (χ3n) is 3.33. The van der Waals surface area contributed by atoms with Crippen molar-refractivity contribution in [3.63, 3.8) is 0 Å². The third kappa shape index (κ3) is 4.55. The van der Waals surface area contributed by atoms with Crippen LogP contribution in [-0.4, -0.2) is 32.2 Å². The number of anilines is 1. The van der Waals surface area contributed by atoms with Gasteiger partial charge in [-0.3, -0.25) is 9.59 Å². The van der Waals surface area contributed by atoms with Crippen molar-refractivity contribution < 1.29 is 9.59 Å². The molecule has 0 fully saturated rings. The monoisotopic (exact) mass is 344 g/mol. The molecule has 0 aliphatic carbocycles. The quantitative estimate of drug-likeness (QED) is 0.452. The number of carbonyl (C=O) groups is 2. The number of aromatic nitrogens is 3. The molecule has 0 saturated carbocycles. The molecule has 24 heavy (non-hydrogen) atoms. The minimum atomic E-state index is -0.137. The minimum absolute atomic E-state index is 0.00304. The van der Waals surface area contributed by atoms with Gasteiger partial charge in [-0.15, -0.1) is 16.8 Å². The Morgan fingerprint density at radius 2 is 2.00 bits per heavy atom. The second-order valence-corrected chi connectivity index (χ2v) is 6.06. The van der Waals surface area contributed by atoms with Crippen molar-refractivity contribution in [2.75, 3.05) is 11.1 Å². The van der Waals surface area contributed by atoms with Crippen LogP contribution in [0.2, 0.25) is 0 Å². The van der Waals surface area contributed by atoms with Gasteiger partial charge in [0.25, 0.3) is 0 Å². The first kappa shape index (κ1) is 17.9. The van der Waals surface area contributed by atoms with Crippen molar-refractivity contribution in [1.29, 1.82) is 0 Å². The number of hydrogen-bond acceptors (Lipinski definition) is 5. The van der Waals surface area contributed by atoms with Crippen LogP contribution in [-0.2, 0) is 17.8 Å². The molecule has 7 heteroatoms. The van der Waals surface area contributed by atoms with E-state index in [1.807, 2.05) is 11.5 Å². The summed E-state index contributed by atoms with van der Waals surface area (Å²) in [7, 11) is 0. The van der Waals surface area contributed by atoms with E-state index in [0.717, 1.165) is 12.2 Å². The zero-order valence-corrected chi connectivity index (χ0v) is 14.6. The second kappa shape index (κ2) is 8.44. The van der Waals surface area contributed by atoms with E-state index in [1.165, 1.54) is 18.7 Å². The normalized spacial score (nSPS) is 10.4. The summed E-state index contributed by atoms with van der Waals surface area (Å²) in [5.74, 6) is 0.962. The highest BCUT2D eigenvalue weighted by atomic mass is 32.2. The fraction of sp³-hybridized carbons (Fsp3) is 0.294. The number of nitrogens with zero attached hydrogens (tertiary/aromatic N) is 3. The van der Waals surface area contributed by atoms with Crippen molar-refractivity contribution >= 4 is 29.1 Å². The highest BCUT2D eigenvalue weighted by molar-refractivity contribution is 7.99. The van der Waals surface area contributed by atoms with Crippen LogP contribution in [0, 0.1) is 0 Å². The van der Waals surface area contributed by atoms with Crippen LogP contribution in [0.15, 0.2) is 42.1 Å². The van der Waals surface area contributed by atoms with E-state index in [-0.39, 0.29) is 17.4 Å². The molecule has 0 aliphatic rings. The molecule has 2 rings (SSSR count). The van der Waals surface area contributed by atoms with Crippen molar-refractivity contribution in [2.45, 2.75) is 32.0 Å². The van der Waals surface area contributed by atoms with E-state index in [4.69, 9.17) is 0 Å². The number of aryl methyl sites for hydroxylation is 1. The lowest BCUT2D eigenvalue weighted by molar-refractivity contribution is -0.113. The summed E-state index contributed by atoms with van der Waals surface area (Å²) in [5, 5.41) is 11.8. The maximum Gasteiger partial charge on any atom is 0.234 e. The molecule has 0 radical (unpaired) electrons. The number of benzene rings is 1. The standard InChI is InChI=1S/C17H20N4O2S/c1-4-10-21-15(5-2)19-20-17(21)24-11-16(23)18-14-8-6-13(7-9-14)12(3)22/h4,6-9H,1,5,10-11H2,2-3H3,(H,18,23). The molecule has 1 aromatic heterocycles. The van der Waals surface area contributed by atoms with Gasteiger partial charge >= 0.3 is 0 Å². The maximum absolute atomic E-state index is 12.1. The molecular weight excluding hydrogens is 324 g/mol. The van der Waals surface area contributed by atoms with Gasteiger partial charge in [-0.05, 0) is 31.2 Å². The van der Waals surface area contributed by atoms with Crippen LogP contribution in [0.5, 0.6) is 0 Å². The van der Waals surface area contributed by atoms with Crippen molar-refractivity contribution in [3.8, 4) is 0 Å². The van der Waals surface area contributed by atoms with Crippen LogP contribution in [0.1, 0.15) is 30.0 Å². The zero-order valence-electron chi connectivity index (χ0n) is 13.8. The lowest BCUT2D eigenvalue weighted by Crippen LogP contribution is -2.15. The van der Waals surface area contributed by atoms with Gasteiger partial charge in [-0.25, -0.2) is 0 Å². The van der Waals surface area contributed by atoms with Crippen LogP contribution >= 0.6 is 11.8 Å². The molecule has 0 spiro atoms. The Morgan fingerprint density at radius 3 is 2.58 bits per heavy atom. The van der Waals surface area contributed by atoms with Crippen molar-refractivity contribution in [2.24, 2.45) is 0 Å². The summed E-state index contributed by atoms with van der Waals surface area (Å²) >= 11 is 1.33. The number of amides is 1. The summed E-state index contributed by atoms with van der Waals surface area (Å²) in [5.41, 5.74) is 1.28. The van der Waals surface area contributed by atoms with Gasteiger partial charge in [0.05, 0.1) is 5.75 Å². The molecule has 0 unspecified atom stereocenters. The molecule has 0 atom stereocenters. The number of nitrogens with one attached hydrogen (secondary N) is 1. The van der Waals surface area contributed by atoms with Gasteiger partial charge in [-0.1, -0.05) is 24.8 Å². The molecule has 0 aliphatic heterocycles. The first-order valence-electron chi connectivity index (χ1n) is 7.61. The molecule has 126 valence electrons. The Hall–Kier alpha value is -2.41. The van der Waals surface area contributed by atoms with Crippen LogP contribution < -0.4 is 5.32 Å². The topological polar surface area (TPSA) is 76.9 Å². The third-order valence-corrected chi connectivity index (χ3v) is 4.30. The van der Waals surface area contributed by atoms with Crippen molar-refractivity contribution in [3.05, 3.63) is 48.3 Å². The fourth-order valence-corrected chi connectivity index (χ4v) is 2.88. The number of allylic oxidation sites excluding steroid dienone is 1. The van der Waals surface area contributed by atoms with Gasteiger partial charge in [0.15, 0.2) is 10.9 Å². The Kier molecular flexibility index (Phi) is 6.31. The van der Waals surface area contributed by atoms with E-state index in [9.17, 15) is 9.59 Å². The SMILES string of the molecule is C=CCn1c(CC)nnc1SCC(=O)Nc1ccc(C(C)=O)cc1. The number of hydrogen-bond donors (Lipinski definition) is 1. The summed E-state index contributed by atoms with van der Waals surface area (Å²) in [4.78, 5) is 23.3. The number of thioether (sulfide) groups is 1. The molecule has 0 saturated heterocycles. The van der Waals surface area contributed by atoms with E-state index in [2.05, 4.69) is 22.1 Å². The number of Topliss-reactive ketones (excluding diaryl/α,β-unsaturated/α-hetero) is 1. The summed E-state index contributed by atoms with van der Waals surface area (Å²) in [6.07, 6.45) is 2.55. The molecule has 6 nitrogen and oxygen atoms in total. The molecule has 1 aromatic carbocycles. The number of ketones is 1. The molecule has 1 N–H and O–H groups in total. The van der Waals surface area contributed by atoms with Gasteiger partial charge in [0.2, 0.25) is 5.91 Å². The highest BCUT2D eigenvalue weighted by Crippen LogP contribution is 2.18. The fourth-order valence-electron chi connectivity index (χ4n) is 2.12. The van der Waals surface area contributed by atoms with E-state index >= 15 is 0 Å².